The first-order chi connectivity index (χ1) is 9.22. The molecule has 1 aromatic heterocycles. The normalized spacial score (nSPS) is 23.3. The zero-order chi connectivity index (χ0) is 13.7. The van der Waals surface area contributed by atoms with Gasteiger partial charge in [-0.1, -0.05) is 6.92 Å². The molecule has 1 saturated carbocycles. The Kier molecular flexibility index (Phi) is 5.34. The van der Waals surface area contributed by atoms with Gasteiger partial charge in [-0.3, -0.25) is 4.79 Å². The van der Waals surface area contributed by atoms with E-state index in [1.807, 2.05) is 0 Å². The molecule has 0 spiro atoms. The number of aryl methyl sites for hydroxylation is 1. The molecule has 1 fully saturated rings. The van der Waals surface area contributed by atoms with Gasteiger partial charge in [-0.15, -0.1) is 11.3 Å². The molecule has 1 aromatic rings. The van der Waals surface area contributed by atoms with Gasteiger partial charge in [-0.05, 0) is 32.1 Å². The molecule has 1 aliphatic carbocycles. The number of thiazole rings is 1. The fraction of sp³-hybridized carbons (Fsp3) is 0.714. The molecule has 19 heavy (non-hydrogen) atoms. The van der Waals surface area contributed by atoms with Crippen molar-refractivity contribution in [1.29, 1.82) is 0 Å². The Morgan fingerprint density at radius 3 is 2.74 bits per heavy atom. The van der Waals surface area contributed by atoms with E-state index < -0.39 is 0 Å². The third kappa shape index (κ3) is 4.01. The van der Waals surface area contributed by atoms with Gasteiger partial charge in [0, 0.05) is 5.38 Å². The van der Waals surface area contributed by atoms with Crippen molar-refractivity contribution in [1.82, 2.24) is 4.98 Å². The molecule has 0 bridgehead atoms. The van der Waals surface area contributed by atoms with Crippen molar-refractivity contribution >= 4 is 17.3 Å². The van der Waals surface area contributed by atoms with E-state index in [1.54, 1.807) is 11.3 Å². The highest BCUT2D eigenvalue weighted by Crippen LogP contribution is 2.27. The van der Waals surface area contributed by atoms with Crippen molar-refractivity contribution in [2.75, 3.05) is 7.11 Å². The number of carbonyl (C=O) groups excluding carboxylic acids is 1. The molecule has 2 rings (SSSR count). The average molecular weight is 283 g/mol. The Bertz CT molecular complexity index is 411. The lowest BCUT2D eigenvalue weighted by Gasteiger charge is -2.26. The summed E-state index contributed by atoms with van der Waals surface area (Å²) in [7, 11) is 1.46. The van der Waals surface area contributed by atoms with E-state index in [1.165, 1.54) is 7.11 Å². The first-order valence-corrected chi connectivity index (χ1v) is 7.73. The van der Waals surface area contributed by atoms with E-state index in [9.17, 15) is 4.79 Å². The van der Waals surface area contributed by atoms with E-state index in [0.29, 0.717) is 6.61 Å². The summed E-state index contributed by atoms with van der Waals surface area (Å²) >= 11 is 1.69. The Morgan fingerprint density at radius 2 is 2.16 bits per heavy atom. The molecule has 0 saturated heterocycles. The van der Waals surface area contributed by atoms with Crippen LogP contribution < -0.4 is 0 Å². The highest BCUT2D eigenvalue weighted by Gasteiger charge is 2.27. The summed E-state index contributed by atoms with van der Waals surface area (Å²) < 4.78 is 10.7. The van der Waals surface area contributed by atoms with Crippen LogP contribution in [0, 0.1) is 5.92 Å². The van der Waals surface area contributed by atoms with Crippen molar-refractivity contribution in [3.05, 3.63) is 16.1 Å². The van der Waals surface area contributed by atoms with Crippen LogP contribution in [0.3, 0.4) is 0 Å². The predicted molar refractivity (Wildman–Crippen MR) is 74.0 cm³/mol. The second-order valence-electron chi connectivity index (χ2n) is 4.89. The summed E-state index contributed by atoms with van der Waals surface area (Å²) in [6, 6.07) is 0. The third-order valence-electron chi connectivity index (χ3n) is 3.58. The van der Waals surface area contributed by atoms with E-state index >= 15 is 0 Å². The molecular formula is C14H21NO3S. The fourth-order valence-corrected chi connectivity index (χ4v) is 3.14. The third-order valence-corrected chi connectivity index (χ3v) is 4.62. The topological polar surface area (TPSA) is 48.4 Å². The smallest absolute Gasteiger partial charge is 0.308 e. The van der Waals surface area contributed by atoms with Crippen LogP contribution in [0.4, 0.5) is 0 Å². The van der Waals surface area contributed by atoms with Gasteiger partial charge in [0.05, 0.1) is 36.4 Å². The molecule has 106 valence electrons. The first kappa shape index (κ1) is 14.5. The van der Waals surface area contributed by atoms with Crippen LogP contribution in [0.5, 0.6) is 0 Å². The summed E-state index contributed by atoms with van der Waals surface area (Å²) in [4.78, 5) is 15.9. The van der Waals surface area contributed by atoms with Gasteiger partial charge in [0.2, 0.25) is 0 Å². The number of carbonyl (C=O) groups is 1. The van der Waals surface area contributed by atoms with Crippen molar-refractivity contribution < 1.29 is 14.3 Å². The fourth-order valence-electron chi connectivity index (χ4n) is 2.41. The number of hydrogen-bond donors (Lipinski definition) is 0. The second kappa shape index (κ2) is 7.01. The molecule has 0 N–H and O–H groups in total. The monoisotopic (exact) mass is 283 g/mol. The zero-order valence-electron chi connectivity index (χ0n) is 11.6. The Labute approximate surface area is 118 Å². The maximum atomic E-state index is 11.4. The number of rotatable bonds is 5. The van der Waals surface area contributed by atoms with Crippen LogP contribution in [-0.4, -0.2) is 24.2 Å². The summed E-state index contributed by atoms with van der Waals surface area (Å²) in [5.74, 6) is -0.0126. The molecule has 4 nitrogen and oxygen atoms in total. The lowest BCUT2D eigenvalue weighted by atomic mass is 9.87. The average Bonchev–Trinajstić information content (AvgIpc) is 2.93. The highest BCUT2D eigenvalue weighted by atomic mass is 32.1. The largest absolute Gasteiger partial charge is 0.469 e. The standard InChI is InChI=1S/C14H21NO3S/c1-3-13-15-11(9-19-13)8-18-12-6-4-10(5-7-12)14(16)17-2/h9-10,12H,3-8H2,1-2H3. The zero-order valence-corrected chi connectivity index (χ0v) is 12.4. The molecule has 0 radical (unpaired) electrons. The van der Waals surface area contributed by atoms with Gasteiger partial charge in [0.25, 0.3) is 0 Å². The van der Waals surface area contributed by atoms with Crippen LogP contribution in [0.1, 0.15) is 43.3 Å². The van der Waals surface area contributed by atoms with Crippen LogP contribution in [0.15, 0.2) is 5.38 Å². The summed E-state index contributed by atoms with van der Waals surface area (Å²) in [5.41, 5.74) is 1.02. The van der Waals surface area contributed by atoms with Gasteiger partial charge in [0.1, 0.15) is 0 Å². The van der Waals surface area contributed by atoms with E-state index in [4.69, 9.17) is 9.47 Å². The van der Waals surface area contributed by atoms with Gasteiger partial charge in [0.15, 0.2) is 0 Å². The molecule has 0 amide bonds. The molecule has 1 heterocycles. The van der Waals surface area contributed by atoms with Gasteiger partial charge in [-0.25, -0.2) is 4.98 Å². The number of ether oxygens (including phenoxy) is 2. The lowest BCUT2D eigenvalue weighted by molar-refractivity contribution is -0.147. The summed E-state index contributed by atoms with van der Waals surface area (Å²) in [6.07, 6.45) is 4.85. The van der Waals surface area contributed by atoms with Crippen LogP contribution in [-0.2, 0) is 27.3 Å². The minimum absolute atomic E-state index is 0.0656. The minimum atomic E-state index is -0.0782. The van der Waals surface area contributed by atoms with Crippen LogP contribution in [0.2, 0.25) is 0 Å². The minimum Gasteiger partial charge on any atom is -0.469 e. The molecular weight excluding hydrogens is 262 g/mol. The number of hydrogen-bond acceptors (Lipinski definition) is 5. The highest BCUT2D eigenvalue weighted by molar-refractivity contribution is 7.09. The molecule has 0 aliphatic heterocycles. The van der Waals surface area contributed by atoms with Crippen molar-refractivity contribution in [3.63, 3.8) is 0 Å². The summed E-state index contributed by atoms with van der Waals surface area (Å²) in [5, 5.41) is 3.23. The number of esters is 1. The SMILES string of the molecule is CCc1nc(COC2CCC(C(=O)OC)CC2)cs1. The van der Waals surface area contributed by atoms with Gasteiger partial charge < -0.3 is 9.47 Å². The van der Waals surface area contributed by atoms with Crippen LogP contribution in [0.25, 0.3) is 0 Å². The van der Waals surface area contributed by atoms with Crippen molar-refractivity contribution in [2.45, 2.75) is 51.7 Å². The molecule has 0 atom stereocenters. The van der Waals surface area contributed by atoms with Crippen molar-refractivity contribution in [3.8, 4) is 0 Å². The van der Waals surface area contributed by atoms with Gasteiger partial charge in [-0.2, -0.15) is 0 Å². The molecule has 5 heteroatoms. The van der Waals surface area contributed by atoms with Crippen molar-refractivity contribution in [2.24, 2.45) is 5.92 Å². The molecule has 1 aliphatic rings. The number of methoxy groups -OCH3 is 1. The first-order valence-electron chi connectivity index (χ1n) is 6.85. The Morgan fingerprint density at radius 1 is 1.42 bits per heavy atom. The lowest BCUT2D eigenvalue weighted by Crippen LogP contribution is -2.26. The van der Waals surface area contributed by atoms with Crippen LogP contribution >= 0.6 is 11.3 Å². The Balaban J connectivity index is 1.72. The maximum Gasteiger partial charge on any atom is 0.308 e. The Hall–Kier alpha value is -0.940. The van der Waals surface area contributed by atoms with E-state index in [-0.39, 0.29) is 18.0 Å². The molecule has 0 aromatic carbocycles. The predicted octanol–water partition coefficient (Wildman–Crippen LogP) is 2.95. The van der Waals surface area contributed by atoms with Gasteiger partial charge >= 0.3 is 5.97 Å². The maximum absolute atomic E-state index is 11.4. The van der Waals surface area contributed by atoms with E-state index in [0.717, 1.165) is 42.8 Å². The summed E-state index contributed by atoms with van der Waals surface area (Å²) in [6.45, 7) is 2.70. The van der Waals surface area contributed by atoms with E-state index in [2.05, 4.69) is 17.3 Å². The number of nitrogens with zero attached hydrogens (tertiary/aromatic N) is 1. The second-order valence-corrected chi connectivity index (χ2v) is 5.84. The quantitative estimate of drug-likeness (QED) is 0.780. The number of aromatic nitrogens is 1. The molecule has 0 unspecified atom stereocenters.